The predicted molar refractivity (Wildman–Crippen MR) is 42.2 cm³/mol. The molecular weight excluding hydrogens is 131 g/mol. The van der Waals surface area contributed by atoms with Gasteiger partial charge in [-0.25, -0.2) is 0 Å². The average Bonchev–Trinajstić information content (AvgIpc) is 1.83. The van der Waals surface area contributed by atoms with Gasteiger partial charge in [0.25, 0.3) is 0 Å². The summed E-state index contributed by atoms with van der Waals surface area (Å²) in [5, 5.41) is 10.0. The van der Waals surface area contributed by atoms with Crippen molar-refractivity contribution in [3.8, 4) is 5.75 Å². The highest BCUT2D eigenvalue weighted by molar-refractivity contribution is 7.27. The molecule has 2 heteroatoms. The Hall–Kier alpha value is -0.550. The van der Waals surface area contributed by atoms with Crippen molar-refractivity contribution in [1.82, 2.24) is 0 Å². The summed E-state index contributed by atoms with van der Waals surface area (Å²) in [6.07, 6.45) is 0. The molecule has 0 amide bonds. The summed E-state index contributed by atoms with van der Waals surface area (Å²) in [5.74, 6) is 0.377. The first-order valence-electron chi connectivity index (χ1n) is 2.76. The minimum absolute atomic E-state index is 0.377. The Morgan fingerprint density at radius 3 is 2.56 bits per heavy atom. The summed E-state index contributed by atoms with van der Waals surface area (Å²) in [7, 11) is 2.47. The highest BCUT2D eigenvalue weighted by Gasteiger charge is 1.95. The lowest BCUT2D eigenvalue weighted by atomic mass is 10.2. The Morgan fingerprint density at radius 1 is 1.44 bits per heavy atom. The smallest absolute Gasteiger partial charge is 0.125 e. The second-order valence-corrected chi connectivity index (χ2v) is 2.63. The minimum Gasteiger partial charge on any atom is -0.507 e. The predicted octanol–water partition coefficient (Wildman–Crippen LogP) is 1.20. The number of hydrogen-bond donors (Lipinski definition) is 1. The van der Waals surface area contributed by atoms with Gasteiger partial charge in [-0.1, -0.05) is 18.2 Å². The summed E-state index contributed by atoms with van der Waals surface area (Å²) >= 11 is 0. The fraction of sp³-hybridized carbons (Fsp3) is 0.143. The maximum absolute atomic E-state index is 9.19. The molecule has 0 aliphatic heterocycles. The molecule has 48 valence electrons. The van der Waals surface area contributed by atoms with Gasteiger partial charge >= 0.3 is 0 Å². The molecule has 1 nitrogen and oxygen atoms in total. The first-order chi connectivity index (χ1) is 4.22. The number of phenolic OH excluding ortho intramolecular Hbond substituents is 1. The van der Waals surface area contributed by atoms with Gasteiger partial charge in [-0.3, -0.25) is 0 Å². The van der Waals surface area contributed by atoms with Gasteiger partial charge in [0.15, 0.2) is 0 Å². The van der Waals surface area contributed by atoms with Crippen LogP contribution in [-0.4, -0.2) is 5.11 Å². The second-order valence-electron chi connectivity index (χ2n) is 2.01. The number of hydrogen-bond acceptors (Lipinski definition) is 1. The van der Waals surface area contributed by atoms with E-state index in [-0.39, 0.29) is 0 Å². The molecule has 0 bridgehead atoms. The Kier molecular flexibility index (Phi) is 1.73. The van der Waals surface area contributed by atoms with Crippen molar-refractivity contribution in [2.45, 2.75) is 6.92 Å². The molecule has 1 aromatic carbocycles. The van der Waals surface area contributed by atoms with Crippen LogP contribution in [0.2, 0.25) is 0 Å². The highest BCUT2D eigenvalue weighted by atomic mass is 31.0. The molecule has 0 spiro atoms. The van der Waals surface area contributed by atoms with Crippen molar-refractivity contribution in [2.75, 3.05) is 0 Å². The summed E-state index contributed by atoms with van der Waals surface area (Å²) in [6, 6.07) is 5.65. The monoisotopic (exact) mass is 140 g/mol. The molecule has 0 saturated heterocycles. The van der Waals surface area contributed by atoms with E-state index in [9.17, 15) is 5.11 Å². The van der Waals surface area contributed by atoms with Gasteiger partial charge in [0.1, 0.15) is 5.75 Å². The summed E-state index contributed by atoms with van der Waals surface area (Å²) in [5.41, 5.74) is 0.919. The molecule has 0 aromatic heterocycles. The zero-order valence-electron chi connectivity index (χ0n) is 5.26. The molecule has 1 rings (SSSR count). The molecular formula is C7H9OP. The topological polar surface area (TPSA) is 20.2 Å². The van der Waals surface area contributed by atoms with E-state index in [2.05, 4.69) is 9.24 Å². The second kappa shape index (κ2) is 2.36. The van der Waals surface area contributed by atoms with Crippen molar-refractivity contribution in [1.29, 1.82) is 0 Å². The van der Waals surface area contributed by atoms with Crippen LogP contribution < -0.4 is 5.30 Å². The maximum Gasteiger partial charge on any atom is 0.125 e. The van der Waals surface area contributed by atoms with E-state index < -0.39 is 0 Å². The Balaban J connectivity index is 3.25. The number of rotatable bonds is 0. The van der Waals surface area contributed by atoms with Crippen LogP contribution in [0.1, 0.15) is 5.56 Å². The average molecular weight is 140 g/mol. The summed E-state index contributed by atoms with van der Waals surface area (Å²) < 4.78 is 0. The molecule has 0 aliphatic rings. The number of benzene rings is 1. The Morgan fingerprint density at radius 2 is 2.11 bits per heavy atom. The van der Waals surface area contributed by atoms with E-state index >= 15 is 0 Å². The van der Waals surface area contributed by atoms with Crippen LogP contribution in [-0.2, 0) is 0 Å². The number of para-hydroxylation sites is 1. The number of aryl methyl sites for hydroxylation is 1. The van der Waals surface area contributed by atoms with E-state index in [4.69, 9.17) is 0 Å². The van der Waals surface area contributed by atoms with E-state index in [1.807, 2.05) is 25.1 Å². The molecule has 9 heavy (non-hydrogen) atoms. The van der Waals surface area contributed by atoms with E-state index in [1.54, 1.807) is 0 Å². The van der Waals surface area contributed by atoms with E-state index in [0.29, 0.717) is 5.75 Å². The number of aromatic hydroxyl groups is 1. The maximum atomic E-state index is 9.19. The summed E-state index contributed by atoms with van der Waals surface area (Å²) in [6.45, 7) is 1.88. The third-order valence-corrected chi connectivity index (χ3v) is 1.73. The van der Waals surface area contributed by atoms with Crippen molar-refractivity contribution in [2.24, 2.45) is 0 Å². The molecule has 1 unspecified atom stereocenters. The van der Waals surface area contributed by atoms with Crippen molar-refractivity contribution >= 4 is 14.5 Å². The van der Waals surface area contributed by atoms with Gasteiger partial charge < -0.3 is 5.11 Å². The largest absolute Gasteiger partial charge is 0.507 e. The third kappa shape index (κ3) is 1.22. The van der Waals surface area contributed by atoms with Crippen molar-refractivity contribution in [3.63, 3.8) is 0 Å². The van der Waals surface area contributed by atoms with Crippen LogP contribution >= 0.6 is 9.24 Å². The van der Waals surface area contributed by atoms with Crippen LogP contribution in [0, 0.1) is 6.92 Å². The molecule has 0 aliphatic carbocycles. The quantitative estimate of drug-likeness (QED) is 0.537. The normalized spacial score (nSPS) is 9.56. The highest BCUT2D eigenvalue weighted by Crippen LogP contribution is 2.13. The van der Waals surface area contributed by atoms with E-state index in [0.717, 1.165) is 10.9 Å². The fourth-order valence-corrected chi connectivity index (χ4v) is 1.02. The molecule has 1 aromatic rings. The van der Waals surface area contributed by atoms with E-state index in [1.165, 1.54) is 0 Å². The SMILES string of the molecule is Cc1cccc(P)c1O. The molecule has 0 radical (unpaired) electrons. The van der Waals surface area contributed by atoms with Gasteiger partial charge in [-0.05, 0) is 12.5 Å². The zero-order chi connectivity index (χ0) is 6.85. The Labute approximate surface area is 56.9 Å². The van der Waals surface area contributed by atoms with Crippen LogP contribution in [0.4, 0.5) is 0 Å². The van der Waals surface area contributed by atoms with Gasteiger partial charge in [0.05, 0.1) is 0 Å². The lowest BCUT2D eigenvalue weighted by molar-refractivity contribution is 0.476. The molecule has 0 fully saturated rings. The first-order valence-corrected chi connectivity index (χ1v) is 3.33. The summed E-state index contributed by atoms with van der Waals surface area (Å²) in [4.78, 5) is 0. The first kappa shape index (κ1) is 6.57. The van der Waals surface area contributed by atoms with Crippen LogP contribution in [0.3, 0.4) is 0 Å². The van der Waals surface area contributed by atoms with Gasteiger partial charge in [-0.2, -0.15) is 0 Å². The minimum atomic E-state index is 0.377. The van der Waals surface area contributed by atoms with Crippen LogP contribution in [0.5, 0.6) is 5.75 Å². The van der Waals surface area contributed by atoms with Crippen molar-refractivity contribution in [3.05, 3.63) is 23.8 Å². The molecule has 1 atom stereocenters. The third-order valence-electron chi connectivity index (χ3n) is 1.27. The molecule has 0 saturated carbocycles. The van der Waals surface area contributed by atoms with Crippen LogP contribution in [0.25, 0.3) is 0 Å². The Bertz CT molecular complexity index is 200. The lowest BCUT2D eigenvalue weighted by Gasteiger charge is -1.99. The van der Waals surface area contributed by atoms with Gasteiger partial charge in [0, 0.05) is 5.30 Å². The van der Waals surface area contributed by atoms with Gasteiger partial charge in [0.2, 0.25) is 0 Å². The standard InChI is InChI=1S/C7H9OP/c1-5-3-2-4-6(9)7(5)8/h2-4,8H,9H2,1H3. The zero-order valence-corrected chi connectivity index (χ0v) is 6.41. The molecule has 0 heterocycles. The molecule has 1 N–H and O–H groups in total. The fourth-order valence-electron chi connectivity index (χ4n) is 0.682. The van der Waals surface area contributed by atoms with Crippen LogP contribution in [0.15, 0.2) is 18.2 Å². The number of phenols is 1. The lowest BCUT2D eigenvalue weighted by Crippen LogP contribution is -1.91. The van der Waals surface area contributed by atoms with Gasteiger partial charge in [-0.15, -0.1) is 9.24 Å². The van der Waals surface area contributed by atoms with Crippen molar-refractivity contribution < 1.29 is 5.11 Å².